The molecule has 0 unspecified atom stereocenters. The van der Waals surface area contributed by atoms with E-state index in [1.807, 2.05) is 0 Å². The third kappa shape index (κ3) is 3.67. The molecule has 3 aromatic rings. The van der Waals surface area contributed by atoms with E-state index >= 15 is 0 Å². The van der Waals surface area contributed by atoms with Crippen LogP contribution in [0.2, 0.25) is 5.02 Å². The molecular formula is C20H17ClN4O5. The number of phenols is 2. The minimum Gasteiger partial charge on any atom is -0.507 e. The maximum absolute atomic E-state index is 12.8. The molecule has 1 amide bonds. The van der Waals surface area contributed by atoms with Crippen molar-refractivity contribution in [2.24, 2.45) is 0 Å². The van der Waals surface area contributed by atoms with Crippen LogP contribution in [0.3, 0.4) is 0 Å². The van der Waals surface area contributed by atoms with Gasteiger partial charge in [0.15, 0.2) is 0 Å². The van der Waals surface area contributed by atoms with Crippen LogP contribution in [0.4, 0.5) is 5.69 Å². The molecule has 0 bridgehead atoms. The summed E-state index contributed by atoms with van der Waals surface area (Å²) in [6.07, 6.45) is 0.692. The first-order chi connectivity index (χ1) is 14.3. The van der Waals surface area contributed by atoms with Gasteiger partial charge in [-0.3, -0.25) is 20.0 Å². The van der Waals surface area contributed by atoms with Crippen LogP contribution in [-0.2, 0) is 24.2 Å². The number of halogens is 1. The number of rotatable bonds is 4. The minimum atomic E-state index is -0.483. The van der Waals surface area contributed by atoms with Crippen LogP contribution in [0, 0.1) is 10.1 Å². The fraction of sp³-hybridized carbons (Fsp3) is 0.200. The summed E-state index contributed by atoms with van der Waals surface area (Å²) in [6.45, 7) is 0.799. The number of H-pyrrole nitrogens is 1. The van der Waals surface area contributed by atoms with Crippen molar-refractivity contribution in [3.05, 3.63) is 68.4 Å². The summed E-state index contributed by atoms with van der Waals surface area (Å²) >= 11 is 5.98. The van der Waals surface area contributed by atoms with Crippen LogP contribution in [0.1, 0.15) is 16.8 Å². The molecule has 154 valence electrons. The number of nitro groups is 1. The lowest BCUT2D eigenvalue weighted by molar-refractivity contribution is -0.384. The molecule has 0 aliphatic carbocycles. The quantitative estimate of drug-likeness (QED) is 0.431. The number of aromatic nitrogens is 2. The molecule has 0 saturated heterocycles. The Labute approximate surface area is 175 Å². The van der Waals surface area contributed by atoms with Gasteiger partial charge in [-0.2, -0.15) is 5.10 Å². The summed E-state index contributed by atoms with van der Waals surface area (Å²) in [5, 5.41) is 37.9. The molecule has 4 rings (SSSR count). The zero-order chi connectivity index (χ0) is 21.4. The molecule has 0 radical (unpaired) electrons. The van der Waals surface area contributed by atoms with E-state index in [0.29, 0.717) is 36.3 Å². The second kappa shape index (κ2) is 7.68. The van der Waals surface area contributed by atoms with Crippen molar-refractivity contribution < 1.29 is 19.9 Å². The van der Waals surface area contributed by atoms with Crippen molar-refractivity contribution >= 4 is 23.2 Å². The first-order valence-corrected chi connectivity index (χ1v) is 9.50. The average molecular weight is 429 g/mol. The summed E-state index contributed by atoms with van der Waals surface area (Å²) in [7, 11) is 0. The van der Waals surface area contributed by atoms with Crippen molar-refractivity contribution in [1.29, 1.82) is 0 Å². The summed E-state index contributed by atoms with van der Waals surface area (Å²) in [5.41, 5.74) is 3.14. The second-order valence-electron chi connectivity index (χ2n) is 7.02. The molecule has 0 fully saturated rings. The molecule has 10 heteroatoms. The van der Waals surface area contributed by atoms with Gasteiger partial charge in [-0.25, -0.2) is 0 Å². The largest absolute Gasteiger partial charge is 0.507 e. The van der Waals surface area contributed by atoms with Gasteiger partial charge in [-0.05, 0) is 11.6 Å². The van der Waals surface area contributed by atoms with Gasteiger partial charge in [0.05, 0.1) is 16.4 Å². The minimum absolute atomic E-state index is 0.0239. The summed E-state index contributed by atoms with van der Waals surface area (Å²) < 4.78 is 0. The smallest absolute Gasteiger partial charge is 0.269 e. The number of benzene rings is 2. The van der Waals surface area contributed by atoms with Crippen molar-refractivity contribution in [3.8, 4) is 22.8 Å². The zero-order valence-corrected chi connectivity index (χ0v) is 16.4. The number of phenolic OH excluding ortho intramolecular Hbond substituents is 2. The number of carbonyl (C=O) groups excluding carboxylic acids is 1. The fourth-order valence-corrected chi connectivity index (χ4v) is 3.66. The molecule has 1 aliphatic heterocycles. The Morgan fingerprint density at radius 3 is 2.67 bits per heavy atom. The predicted octanol–water partition coefficient (Wildman–Crippen LogP) is 3.18. The molecule has 0 atom stereocenters. The third-order valence-corrected chi connectivity index (χ3v) is 5.41. The van der Waals surface area contributed by atoms with Gasteiger partial charge in [0.2, 0.25) is 5.91 Å². The lowest BCUT2D eigenvalue weighted by atomic mass is 9.99. The van der Waals surface area contributed by atoms with E-state index in [9.17, 15) is 25.1 Å². The number of non-ortho nitro benzene ring substituents is 1. The zero-order valence-electron chi connectivity index (χ0n) is 15.6. The highest BCUT2D eigenvalue weighted by atomic mass is 35.5. The van der Waals surface area contributed by atoms with Crippen molar-refractivity contribution in [2.75, 3.05) is 6.54 Å². The standard InChI is InChI=1S/C20H17ClN4O5/c21-15-8-13(17(26)9-18(15)27)20-14-10-24(6-5-16(14)22-23-20)19(28)7-11-1-3-12(4-2-11)25(29)30/h1-4,8-9,26-27H,5-7,10H2,(H,22,23). The topological polar surface area (TPSA) is 133 Å². The average Bonchev–Trinajstić information content (AvgIpc) is 3.14. The van der Waals surface area contributed by atoms with E-state index in [1.54, 1.807) is 17.0 Å². The van der Waals surface area contributed by atoms with E-state index in [1.165, 1.54) is 18.2 Å². The Morgan fingerprint density at radius 2 is 1.97 bits per heavy atom. The molecule has 1 aromatic heterocycles. The van der Waals surface area contributed by atoms with Crippen LogP contribution in [-0.4, -0.2) is 42.7 Å². The van der Waals surface area contributed by atoms with Crippen LogP contribution in [0.5, 0.6) is 11.5 Å². The van der Waals surface area contributed by atoms with Crippen LogP contribution in [0.25, 0.3) is 11.3 Å². The van der Waals surface area contributed by atoms with Gasteiger partial charge < -0.3 is 15.1 Å². The van der Waals surface area contributed by atoms with Crippen molar-refractivity contribution in [1.82, 2.24) is 15.1 Å². The molecule has 2 heterocycles. The Morgan fingerprint density at radius 1 is 1.23 bits per heavy atom. The second-order valence-corrected chi connectivity index (χ2v) is 7.42. The number of nitrogens with one attached hydrogen (secondary N) is 1. The number of carbonyl (C=O) groups is 1. The number of aromatic amines is 1. The molecule has 0 spiro atoms. The number of fused-ring (bicyclic) bond motifs is 1. The maximum atomic E-state index is 12.8. The van der Waals surface area contributed by atoms with Crippen molar-refractivity contribution in [2.45, 2.75) is 19.4 Å². The molecule has 0 saturated carbocycles. The highest BCUT2D eigenvalue weighted by molar-refractivity contribution is 6.32. The van der Waals surface area contributed by atoms with Crippen LogP contribution in [0.15, 0.2) is 36.4 Å². The lowest BCUT2D eigenvalue weighted by Crippen LogP contribution is -2.36. The monoisotopic (exact) mass is 428 g/mol. The normalized spacial score (nSPS) is 13.2. The van der Waals surface area contributed by atoms with Gasteiger partial charge in [0.1, 0.15) is 17.2 Å². The van der Waals surface area contributed by atoms with Crippen molar-refractivity contribution in [3.63, 3.8) is 0 Å². The highest BCUT2D eigenvalue weighted by Crippen LogP contribution is 2.39. The number of hydrogen-bond donors (Lipinski definition) is 3. The van der Waals surface area contributed by atoms with E-state index in [0.717, 1.165) is 17.3 Å². The maximum Gasteiger partial charge on any atom is 0.269 e. The van der Waals surface area contributed by atoms with E-state index < -0.39 is 4.92 Å². The SMILES string of the molecule is O=C(Cc1ccc([N+](=O)[O-])cc1)N1CCc2[nH]nc(-c3cc(Cl)c(O)cc3O)c2C1. The highest BCUT2D eigenvalue weighted by Gasteiger charge is 2.27. The summed E-state index contributed by atoms with van der Waals surface area (Å²) in [5.74, 6) is -0.516. The number of nitrogens with zero attached hydrogens (tertiary/aromatic N) is 3. The Balaban J connectivity index is 1.55. The van der Waals surface area contributed by atoms with E-state index in [-0.39, 0.29) is 34.5 Å². The first-order valence-electron chi connectivity index (χ1n) is 9.12. The van der Waals surface area contributed by atoms with Gasteiger partial charge in [0.25, 0.3) is 5.69 Å². The molecule has 30 heavy (non-hydrogen) atoms. The molecule has 1 aliphatic rings. The number of aromatic hydroxyl groups is 2. The molecule has 2 aromatic carbocycles. The van der Waals surface area contributed by atoms with Crippen LogP contribution >= 0.6 is 11.6 Å². The molecule has 3 N–H and O–H groups in total. The van der Waals surface area contributed by atoms with E-state index in [2.05, 4.69) is 10.2 Å². The Bertz CT molecular complexity index is 1140. The molecule has 9 nitrogen and oxygen atoms in total. The fourth-order valence-electron chi connectivity index (χ4n) is 3.49. The van der Waals surface area contributed by atoms with Crippen LogP contribution < -0.4 is 0 Å². The predicted molar refractivity (Wildman–Crippen MR) is 108 cm³/mol. The number of hydrogen-bond acceptors (Lipinski definition) is 6. The summed E-state index contributed by atoms with van der Waals surface area (Å²) in [6, 6.07) is 8.49. The summed E-state index contributed by atoms with van der Waals surface area (Å²) in [4.78, 5) is 24.8. The molecular weight excluding hydrogens is 412 g/mol. The number of nitro benzene ring substituents is 1. The van der Waals surface area contributed by atoms with Gasteiger partial charge >= 0.3 is 0 Å². The van der Waals surface area contributed by atoms with Gasteiger partial charge in [0, 0.05) is 54.5 Å². The Hall–Kier alpha value is -3.59. The lowest BCUT2D eigenvalue weighted by Gasteiger charge is -2.27. The van der Waals surface area contributed by atoms with E-state index in [4.69, 9.17) is 11.6 Å². The van der Waals surface area contributed by atoms with Gasteiger partial charge in [-0.15, -0.1) is 0 Å². The first kappa shape index (κ1) is 19.7. The number of amides is 1. The van der Waals surface area contributed by atoms with Gasteiger partial charge in [-0.1, -0.05) is 23.7 Å². The third-order valence-electron chi connectivity index (χ3n) is 5.11. The Kier molecular flexibility index (Phi) is 5.04.